The molecule has 0 aliphatic rings. The second-order valence-corrected chi connectivity index (χ2v) is 3.93. The summed E-state index contributed by atoms with van der Waals surface area (Å²) in [7, 11) is 0. The molecule has 0 aromatic heterocycles. The van der Waals surface area contributed by atoms with Crippen molar-refractivity contribution in [2.45, 2.75) is 25.6 Å². The third-order valence-electron chi connectivity index (χ3n) is 2.06. The standard InChI is InChI=1S/C10H12Cl2O2/c1-2-9(13)10(14)7-4-3-6(11)5-8(7)12/h3-5,9-10,13-14H,2H2,1H3/t9-,10-/m0/s1. The van der Waals surface area contributed by atoms with Crippen LogP contribution in [0.5, 0.6) is 0 Å². The molecule has 0 heterocycles. The second-order valence-electron chi connectivity index (χ2n) is 3.09. The van der Waals surface area contributed by atoms with Crippen molar-refractivity contribution in [3.8, 4) is 0 Å². The largest absolute Gasteiger partial charge is 0.390 e. The fraction of sp³-hybridized carbons (Fsp3) is 0.400. The van der Waals surface area contributed by atoms with Crippen LogP contribution in [-0.4, -0.2) is 16.3 Å². The number of halogens is 2. The normalized spacial score (nSPS) is 15.2. The first-order valence-corrected chi connectivity index (χ1v) is 5.13. The molecule has 1 aromatic rings. The average molecular weight is 235 g/mol. The fourth-order valence-electron chi connectivity index (χ4n) is 1.17. The van der Waals surface area contributed by atoms with Crippen molar-refractivity contribution in [3.63, 3.8) is 0 Å². The number of aliphatic hydroxyl groups is 2. The zero-order valence-corrected chi connectivity index (χ0v) is 9.26. The van der Waals surface area contributed by atoms with Crippen LogP contribution in [0.15, 0.2) is 18.2 Å². The third-order valence-corrected chi connectivity index (χ3v) is 2.63. The zero-order chi connectivity index (χ0) is 10.7. The van der Waals surface area contributed by atoms with Crippen LogP contribution >= 0.6 is 23.2 Å². The number of rotatable bonds is 3. The molecule has 0 spiro atoms. The quantitative estimate of drug-likeness (QED) is 0.845. The van der Waals surface area contributed by atoms with E-state index < -0.39 is 12.2 Å². The SMILES string of the molecule is CC[C@H](O)[C@@H](O)c1ccc(Cl)cc1Cl. The van der Waals surface area contributed by atoms with Crippen LogP contribution in [0.2, 0.25) is 10.0 Å². The summed E-state index contributed by atoms with van der Waals surface area (Å²) in [6, 6.07) is 4.80. The van der Waals surface area contributed by atoms with Gasteiger partial charge in [-0.1, -0.05) is 36.2 Å². The van der Waals surface area contributed by atoms with E-state index in [0.29, 0.717) is 22.0 Å². The lowest BCUT2D eigenvalue weighted by molar-refractivity contribution is 0.0165. The summed E-state index contributed by atoms with van der Waals surface area (Å²) >= 11 is 11.6. The molecular formula is C10H12Cl2O2. The van der Waals surface area contributed by atoms with Gasteiger partial charge in [-0.15, -0.1) is 0 Å². The zero-order valence-electron chi connectivity index (χ0n) is 7.74. The van der Waals surface area contributed by atoms with Crippen molar-refractivity contribution < 1.29 is 10.2 Å². The van der Waals surface area contributed by atoms with Crippen molar-refractivity contribution in [3.05, 3.63) is 33.8 Å². The van der Waals surface area contributed by atoms with Gasteiger partial charge in [-0.25, -0.2) is 0 Å². The van der Waals surface area contributed by atoms with E-state index in [1.807, 2.05) is 0 Å². The van der Waals surface area contributed by atoms with Gasteiger partial charge in [-0.05, 0) is 18.6 Å². The predicted octanol–water partition coefficient (Wildman–Crippen LogP) is 2.80. The molecule has 4 heteroatoms. The van der Waals surface area contributed by atoms with Gasteiger partial charge in [-0.2, -0.15) is 0 Å². The van der Waals surface area contributed by atoms with Gasteiger partial charge in [-0.3, -0.25) is 0 Å². The fourth-order valence-corrected chi connectivity index (χ4v) is 1.69. The molecule has 2 N–H and O–H groups in total. The molecule has 0 radical (unpaired) electrons. The summed E-state index contributed by atoms with van der Waals surface area (Å²) in [6.45, 7) is 1.79. The van der Waals surface area contributed by atoms with Gasteiger partial charge >= 0.3 is 0 Å². The van der Waals surface area contributed by atoms with E-state index in [2.05, 4.69) is 0 Å². The predicted molar refractivity (Wildman–Crippen MR) is 57.7 cm³/mol. The molecule has 0 amide bonds. The summed E-state index contributed by atoms with van der Waals surface area (Å²) in [5.74, 6) is 0. The Morgan fingerprint density at radius 2 is 1.93 bits per heavy atom. The molecule has 14 heavy (non-hydrogen) atoms. The molecule has 0 unspecified atom stereocenters. The Kier molecular flexibility index (Phi) is 4.20. The summed E-state index contributed by atoms with van der Waals surface area (Å²) in [5.41, 5.74) is 0.505. The molecule has 0 bridgehead atoms. The van der Waals surface area contributed by atoms with Crippen molar-refractivity contribution in [2.75, 3.05) is 0 Å². The molecule has 2 atom stereocenters. The van der Waals surface area contributed by atoms with Crippen molar-refractivity contribution >= 4 is 23.2 Å². The van der Waals surface area contributed by atoms with Crippen LogP contribution < -0.4 is 0 Å². The number of benzene rings is 1. The van der Waals surface area contributed by atoms with Crippen LogP contribution in [0.25, 0.3) is 0 Å². The molecule has 1 rings (SSSR count). The maximum absolute atomic E-state index is 9.68. The van der Waals surface area contributed by atoms with Gasteiger partial charge in [0.1, 0.15) is 6.10 Å². The monoisotopic (exact) mass is 234 g/mol. The molecule has 78 valence electrons. The minimum absolute atomic E-state index is 0.373. The number of hydrogen-bond donors (Lipinski definition) is 2. The van der Waals surface area contributed by atoms with E-state index in [4.69, 9.17) is 23.2 Å². The molecule has 0 fully saturated rings. The maximum Gasteiger partial charge on any atom is 0.106 e. The summed E-state index contributed by atoms with van der Waals surface area (Å²) in [4.78, 5) is 0. The van der Waals surface area contributed by atoms with Gasteiger partial charge < -0.3 is 10.2 Å². The minimum atomic E-state index is -0.954. The average Bonchev–Trinajstić information content (AvgIpc) is 2.15. The van der Waals surface area contributed by atoms with Gasteiger partial charge in [0.15, 0.2) is 0 Å². The highest BCUT2D eigenvalue weighted by Gasteiger charge is 2.18. The molecule has 0 aliphatic heterocycles. The maximum atomic E-state index is 9.68. The highest BCUT2D eigenvalue weighted by molar-refractivity contribution is 6.35. The van der Waals surface area contributed by atoms with Crippen LogP contribution in [0, 0.1) is 0 Å². The Balaban J connectivity index is 2.95. The summed E-state index contributed by atoms with van der Waals surface area (Å²) < 4.78 is 0. The first-order valence-electron chi connectivity index (χ1n) is 4.37. The summed E-state index contributed by atoms with van der Waals surface area (Å²) in [5, 5.41) is 20.0. The van der Waals surface area contributed by atoms with Gasteiger partial charge in [0, 0.05) is 15.6 Å². The molecular weight excluding hydrogens is 223 g/mol. The Bertz CT molecular complexity index is 315. The van der Waals surface area contributed by atoms with Gasteiger partial charge in [0.2, 0.25) is 0 Å². The van der Waals surface area contributed by atoms with E-state index in [-0.39, 0.29) is 0 Å². The van der Waals surface area contributed by atoms with E-state index >= 15 is 0 Å². The van der Waals surface area contributed by atoms with Crippen LogP contribution in [0.3, 0.4) is 0 Å². The first kappa shape index (κ1) is 11.8. The van der Waals surface area contributed by atoms with Crippen molar-refractivity contribution in [1.29, 1.82) is 0 Å². The van der Waals surface area contributed by atoms with E-state index in [0.717, 1.165) is 0 Å². The molecule has 1 aromatic carbocycles. The lowest BCUT2D eigenvalue weighted by Crippen LogP contribution is -2.17. The first-order chi connectivity index (χ1) is 6.56. The topological polar surface area (TPSA) is 40.5 Å². The summed E-state index contributed by atoms with van der Waals surface area (Å²) in [6.07, 6.45) is -1.28. The molecule has 0 saturated heterocycles. The van der Waals surface area contributed by atoms with Gasteiger partial charge in [0.05, 0.1) is 6.10 Å². The van der Waals surface area contributed by atoms with Crippen LogP contribution in [-0.2, 0) is 0 Å². The highest BCUT2D eigenvalue weighted by Crippen LogP contribution is 2.28. The Labute approximate surface area is 93.1 Å². The van der Waals surface area contributed by atoms with Gasteiger partial charge in [0.25, 0.3) is 0 Å². The lowest BCUT2D eigenvalue weighted by Gasteiger charge is -2.17. The van der Waals surface area contributed by atoms with Crippen molar-refractivity contribution in [2.24, 2.45) is 0 Å². The Morgan fingerprint density at radius 1 is 1.29 bits per heavy atom. The highest BCUT2D eigenvalue weighted by atomic mass is 35.5. The molecule has 2 nitrogen and oxygen atoms in total. The van der Waals surface area contributed by atoms with E-state index in [9.17, 15) is 10.2 Å². The second kappa shape index (κ2) is 4.99. The number of hydrogen-bond acceptors (Lipinski definition) is 2. The molecule has 0 aliphatic carbocycles. The minimum Gasteiger partial charge on any atom is -0.390 e. The Morgan fingerprint density at radius 3 is 2.43 bits per heavy atom. The third kappa shape index (κ3) is 2.61. The molecule has 0 saturated carbocycles. The van der Waals surface area contributed by atoms with Crippen LogP contribution in [0.1, 0.15) is 25.0 Å². The Hall–Kier alpha value is -0.280. The van der Waals surface area contributed by atoms with Crippen LogP contribution in [0.4, 0.5) is 0 Å². The smallest absolute Gasteiger partial charge is 0.106 e. The lowest BCUT2D eigenvalue weighted by atomic mass is 10.0. The number of aliphatic hydroxyl groups excluding tert-OH is 2. The van der Waals surface area contributed by atoms with E-state index in [1.165, 1.54) is 0 Å². The van der Waals surface area contributed by atoms with E-state index in [1.54, 1.807) is 25.1 Å². The van der Waals surface area contributed by atoms with Crippen molar-refractivity contribution in [1.82, 2.24) is 0 Å².